The summed E-state index contributed by atoms with van der Waals surface area (Å²) in [5, 5.41) is 8.80. The van der Waals surface area contributed by atoms with Gasteiger partial charge in [-0.2, -0.15) is 0 Å². The third-order valence-electron chi connectivity index (χ3n) is 2.96. The molecule has 116 valence electrons. The molecule has 0 radical (unpaired) electrons. The van der Waals surface area contributed by atoms with E-state index in [1.807, 2.05) is 30.3 Å². The van der Waals surface area contributed by atoms with Crippen LogP contribution >= 0.6 is 0 Å². The molecular weight excluding hydrogens is 286 g/mol. The number of nitrogens with one attached hydrogen (secondary N) is 2. The molecule has 2 amide bonds. The highest BCUT2D eigenvalue weighted by Crippen LogP contribution is 2.09. The van der Waals surface area contributed by atoms with Crippen molar-refractivity contribution in [1.29, 1.82) is 0 Å². The first-order valence-electron chi connectivity index (χ1n) is 6.71. The van der Waals surface area contributed by atoms with Crippen molar-refractivity contribution in [2.75, 3.05) is 12.4 Å². The van der Waals surface area contributed by atoms with Crippen LogP contribution in [0.3, 0.4) is 0 Å². The number of nitrogens with zero attached hydrogens (tertiary/aromatic N) is 1. The number of rotatable bonds is 5. The largest absolute Gasteiger partial charge is 0.453 e. The number of aromatic nitrogens is 1. The summed E-state index contributed by atoms with van der Waals surface area (Å²) in [5.41, 5.74) is 0.912. The molecule has 2 aromatic rings. The van der Waals surface area contributed by atoms with Crippen molar-refractivity contribution in [3.05, 3.63) is 47.7 Å². The summed E-state index contributed by atoms with van der Waals surface area (Å²) in [4.78, 5) is 23.7. The van der Waals surface area contributed by atoms with Crippen molar-refractivity contribution >= 4 is 17.8 Å². The molecule has 0 spiro atoms. The number of hydrogen-bond donors (Lipinski definition) is 2. The lowest BCUT2D eigenvalue weighted by molar-refractivity contribution is -0.118. The Morgan fingerprint density at radius 3 is 2.64 bits per heavy atom. The third kappa shape index (κ3) is 4.34. The minimum Gasteiger partial charge on any atom is -0.453 e. The van der Waals surface area contributed by atoms with E-state index in [9.17, 15) is 9.59 Å². The SMILES string of the molecule is COC(=O)NC(Cc1ccccc1)C(=O)Nc1cc(C)on1. The summed E-state index contributed by atoms with van der Waals surface area (Å²) in [6.45, 7) is 1.72. The molecule has 2 N–H and O–H groups in total. The normalized spacial score (nSPS) is 11.5. The zero-order valence-corrected chi connectivity index (χ0v) is 12.3. The van der Waals surface area contributed by atoms with Gasteiger partial charge in [0.05, 0.1) is 7.11 Å². The molecule has 0 aliphatic rings. The van der Waals surface area contributed by atoms with Crippen LogP contribution in [-0.4, -0.2) is 30.3 Å². The van der Waals surface area contributed by atoms with Crippen LogP contribution in [0.25, 0.3) is 0 Å². The molecule has 0 aliphatic carbocycles. The average molecular weight is 303 g/mol. The number of methoxy groups -OCH3 is 1. The van der Waals surface area contributed by atoms with E-state index in [0.717, 1.165) is 5.56 Å². The minimum absolute atomic E-state index is 0.298. The fourth-order valence-electron chi connectivity index (χ4n) is 1.90. The molecule has 0 aliphatic heterocycles. The second-order valence-electron chi connectivity index (χ2n) is 4.69. The van der Waals surface area contributed by atoms with Gasteiger partial charge in [0.2, 0.25) is 5.91 Å². The van der Waals surface area contributed by atoms with E-state index in [2.05, 4.69) is 20.5 Å². The first-order valence-corrected chi connectivity index (χ1v) is 6.71. The fourth-order valence-corrected chi connectivity index (χ4v) is 1.90. The molecule has 0 bridgehead atoms. The van der Waals surface area contributed by atoms with E-state index >= 15 is 0 Å². The van der Waals surface area contributed by atoms with Crippen LogP contribution in [0.1, 0.15) is 11.3 Å². The molecule has 7 heteroatoms. The summed E-state index contributed by atoms with van der Waals surface area (Å²) in [6.07, 6.45) is -0.342. The molecule has 1 heterocycles. The number of alkyl carbamates (subject to hydrolysis) is 1. The number of hydrogen-bond acceptors (Lipinski definition) is 5. The molecule has 0 saturated heterocycles. The lowest BCUT2D eigenvalue weighted by atomic mass is 10.1. The monoisotopic (exact) mass is 303 g/mol. The molecule has 0 saturated carbocycles. The molecule has 1 aromatic heterocycles. The Bertz CT molecular complexity index is 639. The maximum atomic E-state index is 12.3. The van der Waals surface area contributed by atoms with Crippen molar-refractivity contribution in [2.45, 2.75) is 19.4 Å². The summed E-state index contributed by atoms with van der Waals surface area (Å²) < 4.78 is 9.45. The average Bonchev–Trinajstić information content (AvgIpc) is 2.92. The lowest BCUT2D eigenvalue weighted by Crippen LogP contribution is -2.45. The Morgan fingerprint density at radius 1 is 1.32 bits per heavy atom. The minimum atomic E-state index is -0.785. The first-order chi connectivity index (χ1) is 10.6. The first kappa shape index (κ1) is 15.6. The van der Waals surface area contributed by atoms with Crippen molar-refractivity contribution in [1.82, 2.24) is 10.5 Å². The summed E-state index contributed by atoms with van der Waals surface area (Å²) in [5.74, 6) is 0.477. The number of carbonyl (C=O) groups excluding carboxylic acids is 2. The number of amides is 2. The van der Waals surface area contributed by atoms with Crippen molar-refractivity contribution in [2.24, 2.45) is 0 Å². The molecule has 1 unspecified atom stereocenters. The van der Waals surface area contributed by atoms with E-state index < -0.39 is 18.0 Å². The van der Waals surface area contributed by atoms with Crippen molar-refractivity contribution < 1.29 is 18.8 Å². The fraction of sp³-hybridized carbons (Fsp3) is 0.267. The van der Waals surface area contributed by atoms with E-state index in [0.29, 0.717) is 18.0 Å². The predicted octanol–water partition coefficient (Wildman–Crippen LogP) is 1.89. The van der Waals surface area contributed by atoms with E-state index in [4.69, 9.17) is 4.52 Å². The molecule has 2 rings (SSSR count). The standard InChI is InChI=1S/C15H17N3O4/c1-10-8-13(18-22-10)17-14(19)12(16-15(20)21-2)9-11-6-4-3-5-7-11/h3-8,12H,9H2,1-2H3,(H,16,20)(H,17,18,19). The maximum Gasteiger partial charge on any atom is 0.407 e. The Balaban J connectivity index is 2.08. The van der Waals surface area contributed by atoms with Crippen LogP contribution in [0.4, 0.5) is 10.6 Å². The topological polar surface area (TPSA) is 93.5 Å². The Labute approximate surface area is 127 Å². The smallest absolute Gasteiger partial charge is 0.407 e. The van der Waals surface area contributed by atoms with Crippen LogP contribution in [0.2, 0.25) is 0 Å². The quantitative estimate of drug-likeness (QED) is 0.879. The second kappa shape index (κ2) is 7.26. The highest BCUT2D eigenvalue weighted by atomic mass is 16.5. The van der Waals surface area contributed by atoms with Crippen LogP contribution in [0.5, 0.6) is 0 Å². The van der Waals surface area contributed by atoms with Crippen LogP contribution in [0.15, 0.2) is 40.9 Å². The number of aryl methyl sites for hydroxylation is 1. The number of anilines is 1. The second-order valence-corrected chi connectivity index (χ2v) is 4.69. The lowest BCUT2D eigenvalue weighted by Gasteiger charge is -2.17. The molecule has 22 heavy (non-hydrogen) atoms. The molecule has 7 nitrogen and oxygen atoms in total. The van der Waals surface area contributed by atoms with Crippen molar-refractivity contribution in [3.63, 3.8) is 0 Å². The van der Waals surface area contributed by atoms with Gasteiger partial charge in [0.1, 0.15) is 11.8 Å². The molecule has 1 aromatic carbocycles. The Morgan fingerprint density at radius 2 is 2.05 bits per heavy atom. The molecule has 0 fully saturated rings. The number of benzene rings is 1. The molecular formula is C15H17N3O4. The van der Waals surface area contributed by atoms with Crippen LogP contribution < -0.4 is 10.6 Å². The maximum absolute atomic E-state index is 12.3. The third-order valence-corrected chi connectivity index (χ3v) is 2.96. The van der Waals surface area contributed by atoms with Gasteiger partial charge in [0, 0.05) is 12.5 Å². The van der Waals surface area contributed by atoms with Gasteiger partial charge in [-0.25, -0.2) is 4.79 Å². The number of ether oxygens (including phenoxy) is 1. The highest BCUT2D eigenvalue weighted by Gasteiger charge is 2.22. The van der Waals surface area contributed by atoms with Gasteiger partial charge in [-0.15, -0.1) is 0 Å². The summed E-state index contributed by atoms with van der Waals surface area (Å²) in [6, 6.07) is 10.2. The van der Waals surface area contributed by atoms with E-state index in [1.165, 1.54) is 7.11 Å². The zero-order chi connectivity index (χ0) is 15.9. The Kier molecular flexibility index (Phi) is 5.13. The Hall–Kier alpha value is -2.83. The van der Waals surface area contributed by atoms with Gasteiger partial charge >= 0.3 is 6.09 Å². The molecule has 1 atom stereocenters. The van der Waals surface area contributed by atoms with Gasteiger partial charge in [0.15, 0.2) is 5.82 Å². The zero-order valence-electron chi connectivity index (χ0n) is 12.3. The summed E-state index contributed by atoms with van der Waals surface area (Å²) >= 11 is 0. The van der Waals surface area contributed by atoms with E-state index in [1.54, 1.807) is 13.0 Å². The van der Waals surface area contributed by atoms with E-state index in [-0.39, 0.29) is 0 Å². The predicted molar refractivity (Wildman–Crippen MR) is 79.3 cm³/mol. The van der Waals surface area contributed by atoms with Gasteiger partial charge in [-0.3, -0.25) is 4.79 Å². The number of carbonyl (C=O) groups is 2. The van der Waals surface area contributed by atoms with Gasteiger partial charge in [-0.05, 0) is 12.5 Å². The van der Waals surface area contributed by atoms with Gasteiger partial charge < -0.3 is 19.9 Å². The van der Waals surface area contributed by atoms with Gasteiger partial charge in [-0.1, -0.05) is 35.5 Å². The van der Waals surface area contributed by atoms with Crippen LogP contribution in [-0.2, 0) is 16.0 Å². The summed E-state index contributed by atoms with van der Waals surface area (Å²) in [7, 11) is 1.24. The highest BCUT2D eigenvalue weighted by molar-refractivity contribution is 5.96. The van der Waals surface area contributed by atoms with Crippen LogP contribution in [0, 0.1) is 6.92 Å². The van der Waals surface area contributed by atoms with Gasteiger partial charge in [0.25, 0.3) is 0 Å². The van der Waals surface area contributed by atoms with Crippen molar-refractivity contribution in [3.8, 4) is 0 Å².